The Morgan fingerprint density at radius 1 is 1.12 bits per heavy atom. The molecule has 2 aliphatic rings. The fraction of sp³-hybridized carbons (Fsp3) is 0.571. The average Bonchev–Trinajstić information content (AvgIpc) is 3.57. The molecule has 5 rings (SSSR count). The van der Waals surface area contributed by atoms with E-state index in [-0.39, 0.29) is 18.4 Å². The van der Waals surface area contributed by atoms with E-state index in [1.807, 2.05) is 11.0 Å². The third-order valence-corrected chi connectivity index (χ3v) is 6.31. The van der Waals surface area contributed by atoms with E-state index in [9.17, 15) is 4.79 Å². The first-order valence-electron chi connectivity index (χ1n) is 11.5. The van der Waals surface area contributed by atoms with Crippen molar-refractivity contribution in [3.8, 4) is 11.6 Å². The molecule has 5 heterocycles. The van der Waals surface area contributed by atoms with Crippen LogP contribution >= 0.6 is 12.4 Å². The first-order valence-corrected chi connectivity index (χ1v) is 11.5. The number of halogens is 1. The standard InChI is InChI=1S/C21H28N10O2.ClH/c32-21(11-16-3-7-22-8-4-16)29-9-5-18(6-10-29)31-25-12-17(26-31)14-33-19-1-2-20(23-13-19)30-15-24-27-28-30;/h1-2,12-13,15-16,18,22H,3-11,14H2;1H. The molecule has 2 saturated heterocycles. The Hall–Kier alpha value is -3.12. The van der Waals surface area contributed by atoms with E-state index < -0.39 is 0 Å². The molecule has 0 unspecified atom stereocenters. The zero-order valence-corrected chi connectivity index (χ0v) is 19.7. The van der Waals surface area contributed by atoms with Crippen LogP contribution in [0.2, 0.25) is 0 Å². The van der Waals surface area contributed by atoms with E-state index in [1.165, 1.54) is 11.0 Å². The molecule has 0 atom stereocenters. The SMILES string of the molecule is Cl.O=C(CC1CCNCC1)N1CCC(n2ncc(COc3ccc(-n4cnnn4)nc3)n2)CC1. The Balaban J connectivity index is 0.00000274. The number of piperidine rings is 2. The van der Waals surface area contributed by atoms with E-state index in [1.54, 1.807) is 23.3 Å². The molecule has 2 aliphatic heterocycles. The number of carbonyl (C=O) groups is 1. The number of ether oxygens (including phenoxy) is 1. The average molecular weight is 489 g/mol. The number of nitrogens with zero attached hydrogens (tertiary/aromatic N) is 9. The number of nitrogens with one attached hydrogen (secondary N) is 1. The highest BCUT2D eigenvalue weighted by Gasteiger charge is 2.27. The summed E-state index contributed by atoms with van der Waals surface area (Å²) >= 11 is 0. The van der Waals surface area contributed by atoms with Gasteiger partial charge in [-0.05, 0) is 67.3 Å². The van der Waals surface area contributed by atoms with E-state index in [0.29, 0.717) is 36.4 Å². The van der Waals surface area contributed by atoms with E-state index in [2.05, 4.69) is 36.0 Å². The number of hydrogen-bond donors (Lipinski definition) is 1. The summed E-state index contributed by atoms with van der Waals surface area (Å²) < 4.78 is 7.26. The second-order valence-corrected chi connectivity index (χ2v) is 8.56. The maximum atomic E-state index is 12.7. The first kappa shape index (κ1) is 24.0. The minimum absolute atomic E-state index is 0. The van der Waals surface area contributed by atoms with Crippen LogP contribution < -0.4 is 10.1 Å². The van der Waals surface area contributed by atoms with Gasteiger partial charge in [-0.1, -0.05) is 0 Å². The molecule has 3 aromatic heterocycles. The molecule has 182 valence electrons. The van der Waals surface area contributed by atoms with Crippen molar-refractivity contribution in [3.63, 3.8) is 0 Å². The van der Waals surface area contributed by atoms with Gasteiger partial charge >= 0.3 is 0 Å². The quantitative estimate of drug-likeness (QED) is 0.521. The number of carbonyl (C=O) groups excluding carboxylic acids is 1. The van der Waals surface area contributed by atoms with Gasteiger partial charge in [0.25, 0.3) is 0 Å². The van der Waals surface area contributed by atoms with Crippen LogP contribution in [0.1, 0.15) is 43.8 Å². The topological polar surface area (TPSA) is 129 Å². The largest absolute Gasteiger partial charge is 0.486 e. The van der Waals surface area contributed by atoms with Crippen molar-refractivity contribution < 1.29 is 9.53 Å². The van der Waals surface area contributed by atoms with Crippen LogP contribution in [0.15, 0.2) is 30.9 Å². The number of pyridine rings is 1. The summed E-state index contributed by atoms with van der Waals surface area (Å²) in [6.07, 6.45) is 9.46. The minimum Gasteiger partial charge on any atom is -0.486 e. The molecule has 0 spiro atoms. The molecule has 12 nitrogen and oxygen atoms in total. The van der Waals surface area contributed by atoms with Crippen LogP contribution in [0.5, 0.6) is 5.75 Å². The Morgan fingerprint density at radius 3 is 2.65 bits per heavy atom. The van der Waals surface area contributed by atoms with Gasteiger partial charge < -0.3 is 15.0 Å². The van der Waals surface area contributed by atoms with Crippen LogP contribution in [0.3, 0.4) is 0 Å². The smallest absolute Gasteiger partial charge is 0.222 e. The zero-order chi connectivity index (χ0) is 22.5. The summed E-state index contributed by atoms with van der Waals surface area (Å²) in [4.78, 5) is 20.7. The number of likely N-dealkylation sites (tertiary alicyclic amines) is 1. The van der Waals surface area contributed by atoms with Crippen LogP contribution in [0.25, 0.3) is 5.82 Å². The predicted molar refractivity (Wildman–Crippen MR) is 124 cm³/mol. The van der Waals surface area contributed by atoms with Crippen molar-refractivity contribution in [2.45, 2.75) is 44.8 Å². The fourth-order valence-electron chi connectivity index (χ4n) is 4.38. The molecule has 0 bridgehead atoms. The molecule has 13 heteroatoms. The van der Waals surface area contributed by atoms with Crippen LogP contribution in [-0.2, 0) is 11.4 Å². The van der Waals surface area contributed by atoms with Gasteiger partial charge in [0, 0.05) is 19.5 Å². The van der Waals surface area contributed by atoms with E-state index >= 15 is 0 Å². The predicted octanol–water partition coefficient (Wildman–Crippen LogP) is 1.20. The Labute approximate surface area is 203 Å². The summed E-state index contributed by atoms with van der Waals surface area (Å²) in [6, 6.07) is 3.80. The monoisotopic (exact) mass is 488 g/mol. The number of aromatic nitrogens is 8. The Morgan fingerprint density at radius 2 is 1.94 bits per heavy atom. The lowest BCUT2D eigenvalue weighted by molar-refractivity contribution is -0.133. The Kier molecular flexibility index (Phi) is 8.01. The molecular weight excluding hydrogens is 460 g/mol. The molecule has 2 fully saturated rings. The number of amides is 1. The van der Waals surface area contributed by atoms with Gasteiger partial charge in [-0.25, -0.2) is 4.98 Å². The molecule has 34 heavy (non-hydrogen) atoms. The summed E-state index contributed by atoms with van der Waals surface area (Å²) in [7, 11) is 0. The van der Waals surface area contributed by atoms with Crippen molar-refractivity contribution in [1.82, 2.24) is 50.4 Å². The number of hydrogen-bond acceptors (Lipinski definition) is 9. The second kappa shape index (κ2) is 11.3. The van der Waals surface area contributed by atoms with Crippen LogP contribution in [-0.4, -0.2) is 77.2 Å². The third-order valence-electron chi connectivity index (χ3n) is 6.31. The summed E-state index contributed by atoms with van der Waals surface area (Å²) in [6.45, 7) is 3.89. The van der Waals surface area contributed by atoms with Crippen LogP contribution in [0.4, 0.5) is 0 Å². The van der Waals surface area contributed by atoms with Gasteiger partial charge in [0.05, 0.1) is 18.4 Å². The normalized spacial score (nSPS) is 17.4. The summed E-state index contributed by atoms with van der Waals surface area (Å²) in [5.41, 5.74) is 0.754. The lowest BCUT2D eigenvalue weighted by atomic mass is 9.93. The van der Waals surface area contributed by atoms with Gasteiger partial charge in [0.2, 0.25) is 5.91 Å². The molecule has 0 saturated carbocycles. The van der Waals surface area contributed by atoms with E-state index in [4.69, 9.17) is 4.74 Å². The van der Waals surface area contributed by atoms with Crippen molar-refractivity contribution in [3.05, 3.63) is 36.5 Å². The van der Waals surface area contributed by atoms with Crippen molar-refractivity contribution in [1.29, 1.82) is 0 Å². The molecular formula is C21H29ClN10O2. The van der Waals surface area contributed by atoms with Crippen molar-refractivity contribution in [2.24, 2.45) is 5.92 Å². The van der Waals surface area contributed by atoms with Gasteiger partial charge in [-0.15, -0.1) is 17.5 Å². The zero-order valence-electron chi connectivity index (χ0n) is 18.9. The Bertz CT molecular complexity index is 1030. The molecule has 1 N–H and O–H groups in total. The lowest BCUT2D eigenvalue weighted by Gasteiger charge is -2.33. The maximum absolute atomic E-state index is 12.7. The number of rotatable bonds is 7. The highest BCUT2D eigenvalue weighted by molar-refractivity contribution is 5.85. The van der Waals surface area contributed by atoms with Gasteiger partial charge in [-0.2, -0.15) is 19.7 Å². The minimum atomic E-state index is 0. The highest BCUT2D eigenvalue weighted by atomic mass is 35.5. The molecule has 1 amide bonds. The number of tetrazole rings is 1. The van der Waals surface area contributed by atoms with E-state index in [0.717, 1.165) is 57.6 Å². The van der Waals surface area contributed by atoms with Crippen LogP contribution in [0, 0.1) is 5.92 Å². The molecule has 0 aliphatic carbocycles. The molecule has 3 aromatic rings. The first-order chi connectivity index (χ1) is 16.2. The molecule has 0 aromatic carbocycles. The van der Waals surface area contributed by atoms with Crippen molar-refractivity contribution in [2.75, 3.05) is 26.2 Å². The van der Waals surface area contributed by atoms with Gasteiger partial charge in [0.1, 0.15) is 24.4 Å². The lowest BCUT2D eigenvalue weighted by Crippen LogP contribution is -2.41. The maximum Gasteiger partial charge on any atom is 0.222 e. The summed E-state index contributed by atoms with van der Waals surface area (Å²) in [5, 5.41) is 23.4. The third kappa shape index (κ3) is 5.86. The van der Waals surface area contributed by atoms with Crippen molar-refractivity contribution >= 4 is 18.3 Å². The highest BCUT2D eigenvalue weighted by Crippen LogP contribution is 2.24. The summed E-state index contributed by atoms with van der Waals surface area (Å²) in [5.74, 6) is 2.06. The van der Waals surface area contributed by atoms with Gasteiger partial charge in [0.15, 0.2) is 5.82 Å². The molecule has 0 radical (unpaired) electrons. The second-order valence-electron chi connectivity index (χ2n) is 8.56. The van der Waals surface area contributed by atoms with Gasteiger partial charge in [-0.3, -0.25) is 4.79 Å². The fourth-order valence-corrected chi connectivity index (χ4v) is 4.38.